The van der Waals surface area contributed by atoms with E-state index in [-0.39, 0.29) is 11.4 Å². The number of rotatable bonds is 5. The van der Waals surface area contributed by atoms with E-state index in [0.717, 1.165) is 26.2 Å². The van der Waals surface area contributed by atoms with Crippen molar-refractivity contribution < 1.29 is 8.81 Å². The largest absolute Gasteiger partial charge is 0.423 e. The molecule has 0 amide bonds. The van der Waals surface area contributed by atoms with Crippen LogP contribution in [0.1, 0.15) is 0 Å². The maximum absolute atomic E-state index is 13.4. The van der Waals surface area contributed by atoms with E-state index in [0.29, 0.717) is 36.0 Å². The number of nitrogens with zero attached hydrogens (tertiary/aromatic N) is 7. The summed E-state index contributed by atoms with van der Waals surface area (Å²) in [5.74, 6) is 0.271. The van der Waals surface area contributed by atoms with Crippen molar-refractivity contribution >= 4 is 17.1 Å². The molecule has 0 radical (unpaired) electrons. The topological polar surface area (TPSA) is 85.2 Å². The molecule has 0 aliphatic carbocycles. The summed E-state index contributed by atoms with van der Waals surface area (Å²) in [4.78, 5) is 20.9. The Morgan fingerprint density at radius 3 is 2.73 bits per heavy atom. The fourth-order valence-electron chi connectivity index (χ4n) is 3.55. The second kappa shape index (κ2) is 7.71. The minimum absolute atomic E-state index is 0.136. The van der Waals surface area contributed by atoms with E-state index in [4.69, 9.17) is 4.42 Å². The van der Waals surface area contributed by atoms with Gasteiger partial charge in [0, 0.05) is 57.3 Å². The van der Waals surface area contributed by atoms with Crippen molar-refractivity contribution in [1.29, 1.82) is 0 Å². The van der Waals surface area contributed by atoms with Crippen LogP contribution in [-0.2, 0) is 6.54 Å². The smallest absolute Gasteiger partial charge is 0.298 e. The number of halogens is 1. The number of piperazine rings is 1. The first-order valence-corrected chi connectivity index (χ1v) is 9.77. The highest BCUT2D eigenvalue weighted by Crippen LogP contribution is 2.23. The summed E-state index contributed by atoms with van der Waals surface area (Å²) >= 11 is 0. The number of anilines is 1. The molecule has 9 nitrogen and oxygen atoms in total. The van der Waals surface area contributed by atoms with Gasteiger partial charge in [-0.05, 0) is 24.3 Å². The highest BCUT2D eigenvalue weighted by Gasteiger charge is 2.21. The molecule has 0 unspecified atom stereocenters. The van der Waals surface area contributed by atoms with E-state index in [9.17, 15) is 9.18 Å². The molecule has 0 bridgehead atoms. The van der Waals surface area contributed by atoms with Crippen molar-refractivity contribution in [2.45, 2.75) is 6.54 Å². The van der Waals surface area contributed by atoms with E-state index < -0.39 is 0 Å². The standard InChI is InChI=1S/C20H20FN7O2/c21-15-2-3-16-17(14-15)30-20(23-16)26-11-8-25(9-12-26)10-13-28-19(29)5-4-18(24-28)27-7-1-6-22-27/h1-7,14H,8-13H2. The predicted octanol–water partition coefficient (Wildman–Crippen LogP) is 1.53. The van der Waals surface area contributed by atoms with Crippen LogP contribution in [0.2, 0.25) is 0 Å². The Labute approximate surface area is 170 Å². The molecule has 4 heterocycles. The van der Waals surface area contributed by atoms with E-state index in [1.807, 2.05) is 6.07 Å². The molecule has 4 aromatic rings. The maximum atomic E-state index is 13.4. The number of hydrogen-bond acceptors (Lipinski definition) is 7. The Bertz CT molecular complexity index is 1210. The second-order valence-corrected chi connectivity index (χ2v) is 7.14. The molecule has 1 aliphatic heterocycles. The van der Waals surface area contributed by atoms with E-state index in [1.54, 1.807) is 29.2 Å². The van der Waals surface area contributed by atoms with Crippen molar-refractivity contribution in [3.63, 3.8) is 0 Å². The van der Waals surface area contributed by atoms with Gasteiger partial charge in [-0.15, -0.1) is 5.10 Å². The summed E-state index contributed by atoms with van der Waals surface area (Å²) in [5.41, 5.74) is 0.967. The van der Waals surface area contributed by atoms with Crippen LogP contribution in [0.5, 0.6) is 0 Å². The van der Waals surface area contributed by atoms with Crippen LogP contribution in [0.15, 0.2) is 58.0 Å². The second-order valence-electron chi connectivity index (χ2n) is 7.14. The fourth-order valence-corrected chi connectivity index (χ4v) is 3.55. The molecule has 5 rings (SSSR count). The average Bonchev–Trinajstić information content (AvgIpc) is 3.43. The molecule has 30 heavy (non-hydrogen) atoms. The van der Waals surface area contributed by atoms with Crippen LogP contribution in [0.25, 0.3) is 16.9 Å². The quantitative estimate of drug-likeness (QED) is 0.494. The molecule has 1 aromatic carbocycles. The molecule has 154 valence electrons. The zero-order valence-corrected chi connectivity index (χ0v) is 16.2. The van der Waals surface area contributed by atoms with Crippen LogP contribution in [0.3, 0.4) is 0 Å². The van der Waals surface area contributed by atoms with E-state index in [1.165, 1.54) is 22.9 Å². The van der Waals surface area contributed by atoms with Gasteiger partial charge in [-0.1, -0.05) is 0 Å². The van der Waals surface area contributed by atoms with Gasteiger partial charge in [0.25, 0.3) is 11.6 Å². The van der Waals surface area contributed by atoms with Crippen molar-refractivity contribution in [3.05, 3.63) is 65.0 Å². The van der Waals surface area contributed by atoms with Gasteiger partial charge in [-0.25, -0.2) is 13.8 Å². The molecule has 10 heteroatoms. The first-order chi connectivity index (χ1) is 14.7. The number of oxazole rings is 1. The summed E-state index contributed by atoms with van der Waals surface area (Å²) in [6.07, 6.45) is 3.46. The summed E-state index contributed by atoms with van der Waals surface area (Å²) in [6.45, 7) is 4.30. The summed E-state index contributed by atoms with van der Waals surface area (Å²) in [7, 11) is 0. The minimum Gasteiger partial charge on any atom is -0.423 e. The van der Waals surface area contributed by atoms with Gasteiger partial charge < -0.3 is 9.32 Å². The van der Waals surface area contributed by atoms with Crippen molar-refractivity contribution in [2.75, 3.05) is 37.6 Å². The van der Waals surface area contributed by atoms with Crippen molar-refractivity contribution in [3.8, 4) is 5.82 Å². The molecular formula is C20H20FN7O2. The molecule has 3 aromatic heterocycles. The molecular weight excluding hydrogens is 389 g/mol. The van der Waals surface area contributed by atoms with Gasteiger partial charge in [-0.2, -0.15) is 10.1 Å². The third-order valence-electron chi connectivity index (χ3n) is 5.20. The fraction of sp³-hybridized carbons (Fsp3) is 0.300. The first kappa shape index (κ1) is 18.5. The maximum Gasteiger partial charge on any atom is 0.298 e. The van der Waals surface area contributed by atoms with Gasteiger partial charge in [0.15, 0.2) is 11.4 Å². The molecule has 1 saturated heterocycles. The summed E-state index contributed by atoms with van der Waals surface area (Å²) < 4.78 is 22.2. The Morgan fingerprint density at radius 2 is 1.93 bits per heavy atom. The number of aromatic nitrogens is 5. The van der Waals surface area contributed by atoms with Crippen LogP contribution in [0.4, 0.5) is 10.4 Å². The van der Waals surface area contributed by atoms with Crippen LogP contribution >= 0.6 is 0 Å². The molecule has 1 aliphatic rings. The Balaban J connectivity index is 1.20. The van der Waals surface area contributed by atoms with Crippen molar-refractivity contribution in [2.24, 2.45) is 0 Å². The third kappa shape index (κ3) is 3.69. The molecule has 0 saturated carbocycles. The van der Waals surface area contributed by atoms with Gasteiger partial charge in [-0.3, -0.25) is 9.69 Å². The summed E-state index contributed by atoms with van der Waals surface area (Å²) in [6, 6.07) is 9.85. The lowest BCUT2D eigenvalue weighted by Gasteiger charge is -2.33. The summed E-state index contributed by atoms with van der Waals surface area (Å²) in [5, 5.41) is 8.56. The number of fused-ring (bicyclic) bond motifs is 1. The highest BCUT2D eigenvalue weighted by molar-refractivity contribution is 5.74. The minimum atomic E-state index is -0.338. The van der Waals surface area contributed by atoms with Gasteiger partial charge in [0.2, 0.25) is 0 Å². The first-order valence-electron chi connectivity index (χ1n) is 9.77. The van der Waals surface area contributed by atoms with Crippen LogP contribution < -0.4 is 10.5 Å². The average molecular weight is 409 g/mol. The van der Waals surface area contributed by atoms with Crippen LogP contribution in [-0.4, -0.2) is 62.2 Å². The lowest BCUT2D eigenvalue weighted by Crippen LogP contribution is -2.47. The Kier molecular flexibility index (Phi) is 4.75. The van der Waals surface area contributed by atoms with E-state index >= 15 is 0 Å². The van der Waals surface area contributed by atoms with Crippen molar-refractivity contribution in [1.82, 2.24) is 29.4 Å². The lowest BCUT2D eigenvalue weighted by atomic mass is 10.3. The molecule has 1 fully saturated rings. The zero-order chi connectivity index (χ0) is 20.5. The monoisotopic (exact) mass is 409 g/mol. The Hall–Kier alpha value is -3.53. The highest BCUT2D eigenvalue weighted by atomic mass is 19.1. The predicted molar refractivity (Wildman–Crippen MR) is 108 cm³/mol. The molecule has 0 atom stereocenters. The van der Waals surface area contributed by atoms with Gasteiger partial charge >= 0.3 is 0 Å². The van der Waals surface area contributed by atoms with Crippen LogP contribution in [0, 0.1) is 5.82 Å². The number of hydrogen-bond donors (Lipinski definition) is 0. The van der Waals surface area contributed by atoms with Gasteiger partial charge in [0.1, 0.15) is 11.3 Å². The number of benzene rings is 1. The molecule has 0 spiro atoms. The zero-order valence-electron chi connectivity index (χ0n) is 16.2. The lowest BCUT2D eigenvalue weighted by molar-refractivity contribution is 0.239. The SMILES string of the molecule is O=c1ccc(-n2cccn2)nn1CCN1CCN(c2nc3ccc(F)cc3o2)CC1. The normalized spacial score (nSPS) is 15.2. The Morgan fingerprint density at radius 1 is 1.07 bits per heavy atom. The van der Waals surface area contributed by atoms with E-state index in [2.05, 4.69) is 25.0 Å². The molecule has 0 N–H and O–H groups in total. The van der Waals surface area contributed by atoms with Gasteiger partial charge in [0.05, 0.1) is 6.54 Å². The third-order valence-corrected chi connectivity index (χ3v) is 5.20.